The van der Waals surface area contributed by atoms with Crippen molar-refractivity contribution in [2.24, 2.45) is 35.5 Å². The van der Waals surface area contributed by atoms with Crippen LogP contribution in [0.3, 0.4) is 0 Å². The number of nitrogens with zero attached hydrogens (tertiary/aromatic N) is 2. The van der Waals surface area contributed by atoms with Crippen LogP contribution in [0.2, 0.25) is 0 Å². The van der Waals surface area contributed by atoms with E-state index in [1.807, 2.05) is 0 Å². The molecule has 0 aromatic rings. The molecule has 2 heterocycles. The highest BCUT2D eigenvalue weighted by Gasteiger charge is 2.52. The molecule has 9 rings (SSSR count). The molecule has 0 radical (unpaired) electrons. The summed E-state index contributed by atoms with van der Waals surface area (Å²) >= 11 is 0. The second-order valence-corrected chi connectivity index (χ2v) is 15.4. The molecule has 0 aromatic heterocycles. The minimum absolute atomic E-state index is 0.578. The summed E-state index contributed by atoms with van der Waals surface area (Å²) in [5.41, 5.74) is 4.84. The van der Waals surface area contributed by atoms with Crippen molar-refractivity contribution in [1.29, 1.82) is 0 Å². The van der Waals surface area contributed by atoms with E-state index in [1.165, 1.54) is 83.5 Å². The summed E-state index contributed by atoms with van der Waals surface area (Å²) < 4.78 is 0. The smallest absolute Gasteiger partial charge is 0.0365 e. The Labute approximate surface area is 266 Å². The molecule has 11 atom stereocenters. The van der Waals surface area contributed by atoms with E-state index >= 15 is 0 Å². The average molecular weight is 585 g/mol. The van der Waals surface area contributed by atoms with Crippen LogP contribution in [0.4, 0.5) is 0 Å². The number of rotatable bonds is 4. The summed E-state index contributed by atoms with van der Waals surface area (Å²) in [7, 11) is 0. The van der Waals surface area contributed by atoms with E-state index in [1.54, 1.807) is 16.8 Å². The number of hydrogen-bond donors (Lipinski definition) is 0. The first-order valence-electron chi connectivity index (χ1n) is 18.5. The van der Waals surface area contributed by atoms with E-state index in [-0.39, 0.29) is 0 Å². The van der Waals surface area contributed by atoms with E-state index in [9.17, 15) is 0 Å². The zero-order valence-corrected chi connectivity index (χ0v) is 26.6. The molecule has 2 fully saturated rings. The van der Waals surface area contributed by atoms with Crippen molar-refractivity contribution in [3.8, 4) is 0 Å². The minimum atomic E-state index is 0.578. The minimum Gasteiger partial charge on any atom is -0.368 e. The molecule has 9 aliphatic rings. The van der Waals surface area contributed by atoms with Gasteiger partial charge >= 0.3 is 0 Å². The molecule has 230 valence electrons. The van der Waals surface area contributed by atoms with Gasteiger partial charge < -0.3 is 4.90 Å². The Morgan fingerprint density at radius 2 is 1.55 bits per heavy atom. The highest BCUT2D eigenvalue weighted by atomic mass is 15.3. The summed E-state index contributed by atoms with van der Waals surface area (Å²) in [6, 6.07) is 3.33. The largest absolute Gasteiger partial charge is 0.368 e. The number of likely N-dealkylation sites (tertiary alicyclic amines) is 2. The van der Waals surface area contributed by atoms with Gasteiger partial charge in [0.15, 0.2) is 0 Å². The highest BCUT2D eigenvalue weighted by molar-refractivity contribution is 5.47. The number of hydrogen-bond acceptors (Lipinski definition) is 2. The Morgan fingerprint density at radius 3 is 2.41 bits per heavy atom. The van der Waals surface area contributed by atoms with Gasteiger partial charge in [-0.25, -0.2) is 0 Å². The fourth-order valence-corrected chi connectivity index (χ4v) is 11.3. The Bertz CT molecular complexity index is 1400. The second kappa shape index (κ2) is 11.7. The Morgan fingerprint density at radius 1 is 0.614 bits per heavy atom. The molecule has 0 N–H and O–H groups in total. The molecule has 2 heteroatoms. The molecular formula is C42H52N2. The third kappa shape index (κ3) is 4.69. The van der Waals surface area contributed by atoms with Crippen LogP contribution in [-0.4, -0.2) is 40.0 Å². The van der Waals surface area contributed by atoms with Crippen LogP contribution in [0.5, 0.6) is 0 Å². The van der Waals surface area contributed by atoms with Crippen LogP contribution >= 0.6 is 0 Å². The lowest BCUT2D eigenvalue weighted by Gasteiger charge is -2.40. The molecule has 2 nitrogen and oxygen atoms in total. The lowest BCUT2D eigenvalue weighted by atomic mass is 9.71. The van der Waals surface area contributed by atoms with Crippen molar-refractivity contribution in [2.75, 3.05) is 0 Å². The summed E-state index contributed by atoms with van der Waals surface area (Å²) in [6.45, 7) is 0. The van der Waals surface area contributed by atoms with Gasteiger partial charge in [-0.15, -0.1) is 0 Å². The predicted octanol–water partition coefficient (Wildman–Crippen LogP) is 9.40. The van der Waals surface area contributed by atoms with Gasteiger partial charge in [0.2, 0.25) is 0 Å². The van der Waals surface area contributed by atoms with E-state index in [0.717, 1.165) is 18.0 Å². The molecule has 2 aliphatic heterocycles. The van der Waals surface area contributed by atoms with Crippen molar-refractivity contribution in [3.05, 3.63) is 108 Å². The van der Waals surface area contributed by atoms with Gasteiger partial charge in [-0.3, -0.25) is 4.90 Å². The van der Waals surface area contributed by atoms with Gasteiger partial charge in [-0.2, -0.15) is 0 Å². The molecule has 0 bridgehead atoms. The lowest BCUT2D eigenvalue weighted by Crippen LogP contribution is -2.45. The maximum absolute atomic E-state index is 2.98. The van der Waals surface area contributed by atoms with E-state index in [0.29, 0.717) is 47.7 Å². The van der Waals surface area contributed by atoms with Crippen molar-refractivity contribution >= 4 is 0 Å². The molecule has 11 unspecified atom stereocenters. The molecule has 0 amide bonds. The van der Waals surface area contributed by atoms with Gasteiger partial charge in [0, 0.05) is 59.6 Å². The average Bonchev–Trinajstić information content (AvgIpc) is 3.61. The third-order valence-electron chi connectivity index (χ3n) is 13.3. The highest BCUT2D eigenvalue weighted by Crippen LogP contribution is 2.53. The fourth-order valence-electron chi connectivity index (χ4n) is 11.3. The molecule has 0 saturated carbocycles. The van der Waals surface area contributed by atoms with Gasteiger partial charge in [0.05, 0.1) is 0 Å². The molecular weight excluding hydrogens is 532 g/mol. The van der Waals surface area contributed by atoms with Crippen LogP contribution in [0.1, 0.15) is 83.5 Å². The Hall–Kier alpha value is -2.58. The maximum atomic E-state index is 2.98. The van der Waals surface area contributed by atoms with Crippen LogP contribution in [0.25, 0.3) is 0 Å². The maximum Gasteiger partial charge on any atom is 0.0365 e. The standard InChI is InChI=1S/C42H52N2/c1-4-12-29(13-5-1)32-20-23-36-38-27-31(22-25-41(38)44(42(36)28-32)34-16-8-3-9-17-34)30-21-24-40-37(26-30)35-18-10-11-19-39(35)43(40)33-14-6-2-7-15-33/h2-4,6,8,10,12,16,18,20-21,23-24,26-27,29,32-33,35-42H,1,5,7,9,11,13-15,17,19,22,25,28H2. The molecule has 44 heavy (non-hydrogen) atoms. The van der Waals surface area contributed by atoms with Crippen molar-refractivity contribution in [2.45, 2.75) is 114 Å². The van der Waals surface area contributed by atoms with Crippen LogP contribution in [0, 0.1) is 35.5 Å². The van der Waals surface area contributed by atoms with Crippen molar-refractivity contribution in [3.63, 3.8) is 0 Å². The predicted molar refractivity (Wildman–Crippen MR) is 183 cm³/mol. The molecule has 7 aliphatic carbocycles. The summed E-state index contributed by atoms with van der Waals surface area (Å²) in [5.74, 6) is 4.06. The van der Waals surface area contributed by atoms with Crippen LogP contribution in [-0.2, 0) is 0 Å². The summed E-state index contributed by atoms with van der Waals surface area (Å²) in [6.07, 6.45) is 55.0. The van der Waals surface area contributed by atoms with Crippen LogP contribution < -0.4 is 0 Å². The lowest BCUT2D eigenvalue weighted by molar-refractivity contribution is 0.122. The van der Waals surface area contributed by atoms with Crippen molar-refractivity contribution < 1.29 is 0 Å². The first-order valence-corrected chi connectivity index (χ1v) is 18.5. The van der Waals surface area contributed by atoms with E-state index < -0.39 is 0 Å². The topological polar surface area (TPSA) is 6.48 Å². The zero-order valence-electron chi connectivity index (χ0n) is 26.6. The quantitative estimate of drug-likeness (QED) is 0.304. The monoisotopic (exact) mass is 584 g/mol. The Kier molecular flexibility index (Phi) is 7.34. The van der Waals surface area contributed by atoms with Gasteiger partial charge in [-0.05, 0) is 113 Å². The normalized spacial score (nSPS) is 44.0. The van der Waals surface area contributed by atoms with Crippen LogP contribution in [0.15, 0.2) is 108 Å². The van der Waals surface area contributed by atoms with Gasteiger partial charge in [-0.1, -0.05) is 85.1 Å². The first kappa shape index (κ1) is 27.7. The molecule has 0 aromatic carbocycles. The van der Waals surface area contributed by atoms with Gasteiger partial charge in [0.25, 0.3) is 0 Å². The van der Waals surface area contributed by atoms with E-state index in [2.05, 4.69) is 101 Å². The second-order valence-electron chi connectivity index (χ2n) is 15.4. The third-order valence-corrected chi connectivity index (χ3v) is 13.3. The fraction of sp³-hybridized carbons (Fsp3) is 0.571. The molecule has 2 saturated heterocycles. The number of fused-ring (bicyclic) bond motifs is 6. The van der Waals surface area contributed by atoms with Gasteiger partial charge in [0.1, 0.15) is 0 Å². The zero-order chi connectivity index (χ0) is 29.0. The number of allylic oxidation sites excluding steroid dienone is 12. The van der Waals surface area contributed by atoms with Crippen molar-refractivity contribution in [1.82, 2.24) is 9.80 Å². The first-order chi connectivity index (χ1) is 21.8. The molecule has 0 spiro atoms. The summed E-state index contributed by atoms with van der Waals surface area (Å²) in [5, 5.41) is 0. The summed E-state index contributed by atoms with van der Waals surface area (Å²) in [4.78, 5) is 5.95. The van der Waals surface area contributed by atoms with E-state index in [4.69, 9.17) is 0 Å². The Balaban J connectivity index is 1.02. The SMILES string of the molecule is C1=CCCC(N2C3CCC(C4=CC5C6C=CCCC6N(C6CC=CCC6)C5C=C4)=CC3C3C=CC(C4C=CCCC4)CC32)=C1.